The molecular weight excluding hydrogens is 1140 g/mol. The third kappa shape index (κ3) is 22.9. The Bertz CT molecular complexity index is 4200. The summed E-state index contributed by atoms with van der Waals surface area (Å²) < 4.78 is 25.6. The lowest BCUT2D eigenvalue weighted by molar-refractivity contribution is 0.627. The Morgan fingerprint density at radius 1 is 0.237 bits per heavy atom. The van der Waals surface area contributed by atoms with Gasteiger partial charge in [-0.25, -0.2) is 8.78 Å². The van der Waals surface area contributed by atoms with Crippen LogP contribution in [0.5, 0.6) is 0 Å². The Morgan fingerprint density at radius 3 is 1.05 bits per heavy atom. The second-order valence-corrected chi connectivity index (χ2v) is 22.1. The third-order valence-corrected chi connectivity index (χ3v) is 14.6. The average Bonchev–Trinajstić information content (AvgIpc) is 3.16. The standard InChI is InChI=1S/2C13H11F.5C12H11N/c1-10-2-4-11(5-3-10)12-6-8-13(14)9-7-12;1-10-5-7-11(8-6-10)12-3-2-4-13(14)9-12;2*1-10-4-6-11(7-5-10)12-3-2-8-13-9-12;1-10-5-2-3-7-12(10)11-6-4-8-13-9-11;1-10-6-5-9-12(13-10)11-7-3-2-4-8-11;1-10-7-8-13-12(9-10)11-5-3-2-4-6-11/h2*2-9H,1H3;5*2-9H,1H3. The number of halogens is 2. The van der Waals surface area contributed by atoms with Gasteiger partial charge in [-0.05, 0) is 176 Å². The summed E-state index contributed by atoms with van der Waals surface area (Å²) in [6, 6.07) is 97.4. The van der Waals surface area contributed by atoms with Crippen LogP contribution < -0.4 is 0 Å². The second kappa shape index (κ2) is 36.3. The quantitative estimate of drug-likeness (QED) is 0.159. The number of hydrogen-bond acceptors (Lipinski definition) is 5. The molecule has 0 saturated carbocycles. The maximum absolute atomic E-state index is 12.9. The zero-order valence-corrected chi connectivity index (χ0v) is 53.8. The summed E-state index contributed by atoms with van der Waals surface area (Å²) in [7, 11) is 0. The van der Waals surface area contributed by atoms with Crippen LogP contribution in [0.25, 0.3) is 78.1 Å². The van der Waals surface area contributed by atoms with Crippen molar-refractivity contribution in [3.8, 4) is 78.1 Å². The van der Waals surface area contributed by atoms with Crippen molar-refractivity contribution < 1.29 is 8.78 Å². The van der Waals surface area contributed by atoms with Gasteiger partial charge >= 0.3 is 0 Å². The molecule has 14 rings (SSSR count). The monoisotopic (exact) mass is 1220 g/mol. The van der Waals surface area contributed by atoms with Gasteiger partial charge in [0.1, 0.15) is 11.6 Å². The van der Waals surface area contributed by atoms with Crippen LogP contribution in [0.2, 0.25) is 0 Å². The number of aryl methyl sites for hydroxylation is 7. The van der Waals surface area contributed by atoms with Gasteiger partial charge in [0.25, 0.3) is 0 Å². The van der Waals surface area contributed by atoms with E-state index in [1.807, 2.05) is 160 Å². The smallest absolute Gasteiger partial charge is 0.123 e. The molecule has 0 atom stereocenters. The molecule has 0 aliphatic rings. The minimum atomic E-state index is -0.194. The molecule has 0 radical (unpaired) electrons. The first-order valence-corrected chi connectivity index (χ1v) is 30.9. The van der Waals surface area contributed by atoms with E-state index in [1.165, 1.54) is 96.1 Å². The van der Waals surface area contributed by atoms with Crippen molar-refractivity contribution in [2.75, 3.05) is 0 Å². The molecule has 0 spiro atoms. The van der Waals surface area contributed by atoms with Gasteiger partial charge in [0.15, 0.2) is 0 Å². The van der Waals surface area contributed by atoms with Crippen LogP contribution in [0.4, 0.5) is 8.78 Å². The Labute approximate surface area is 548 Å². The van der Waals surface area contributed by atoms with Gasteiger partial charge < -0.3 is 0 Å². The molecule has 93 heavy (non-hydrogen) atoms. The largest absolute Gasteiger partial charge is 0.264 e. The van der Waals surface area contributed by atoms with Gasteiger partial charge in [-0.3, -0.25) is 24.9 Å². The minimum Gasteiger partial charge on any atom is -0.264 e. The Kier molecular flexibility index (Phi) is 26.4. The molecule has 0 saturated heterocycles. The second-order valence-electron chi connectivity index (χ2n) is 22.1. The first-order chi connectivity index (χ1) is 45.3. The number of pyridine rings is 5. The highest BCUT2D eigenvalue weighted by molar-refractivity contribution is 5.68. The first kappa shape index (κ1) is 67.5. The Hall–Kier alpha value is -11.4. The summed E-state index contributed by atoms with van der Waals surface area (Å²) in [4.78, 5) is 21.0. The number of aromatic nitrogens is 5. The summed E-state index contributed by atoms with van der Waals surface area (Å²) in [5.41, 5.74) is 24.4. The summed E-state index contributed by atoms with van der Waals surface area (Å²) in [6.07, 6.45) is 12.9. The van der Waals surface area contributed by atoms with E-state index in [4.69, 9.17) is 0 Å². The number of hydrogen-bond donors (Lipinski definition) is 0. The van der Waals surface area contributed by atoms with E-state index in [2.05, 4.69) is 193 Å². The molecule has 7 heteroatoms. The van der Waals surface area contributed by atoms with Crippen molar-refractivity contribution >= 4 is 0 Å². The van der Waals surface area contributed by atoms with E-state index >= 15 is 0 Å². The fourth-order valence-corrected chi connectivity index (χ4v) is 9.40. The van der Waals surface area contributed by atoms with Crippen LogP contribution in [-0.4, -0.2) is 24.9 Å². The first-order valence-electron chi connectivity index (χ1n) is 30.9. The highest BCUT2D eigenvalue weighted by Crippen LogP contribution is 2.25. The zero-order chi connectivity index (χ0) is 65.4. The summed E-state index contributed by atoms with van der Waals surface area (Å²) >= 11 is 0. The van der Waals surface area contributed by atoms with Gasteiger partial charge in [0.2, 0.25) is 0 Å². The molecule has 0 aliphatic heterocycles. The molecule has 5 nitrogen and oxygen atoms in total. The van der Waals surface area contributed by atoms with Crippen molar-refractivity contribution in [1.82, 2.24) is 24.9 Å². The Balaban J connectivity index is 0.000000139. The van der Waals surface area contributed by atoms with Gasteiger partial charge in [-0.2, -0.15) is 0 Å². The van der Waals surface area contributed by atoms with E-state index in [9.17, 15) is 8.78 Å². The highest BCUT2D eigenvalue weighted by atomic mass is 19.1. The molecule has 14 aromatic rings. The fourth-order valence-electron chi connectivity index (χ4n) is 9.40. The lowest BCUT2D eigenvalue weighted by Gasteiger charge is -2.03. The summed E-state index contributed by atoms with van der Waals surface area (Å²) in [5.74, 6) is -0.385. The predicted molar refractivity (Wildman–Crippen MR) is 385 cm³/mol. The molecule has 0 amide bonds. The maximum Gasteiger partial charge on any atom is 0.123 e. The van der Waals surface area contributed by atoms with Crippen LogP contribution in [0.3, 0.4) is 0 Å². The summed E-state index contributed by atoms with van der Waals surface area (Å²) in [5, 5.41) is 0. The van der Waals surface area contributed by atoms with E-state index < -0.39 is 0 Å². The zero-order valence-electron chi connectivity index (χ0n) is 53.8. The molecule has 5 heterocycles. The van der Waals surface area contributed by atoms with Gasteiger partial charge in [-0.1, -0.05) is 253 Å². The normalized spacial score (nSPS) is 9.99. The molecule has 460 valence electrons. The van der Waals surface area contributed by atoms with E-state index in [0.717, 1.165) is 39.3 Å². The fraction of sp³-hybridized carbons (Fsp3) is 0.0814. The van der Waals surface area contributed by atoms with Crippen molar-refractivity contribution in [3.63, 3.8) is 0 Å². The lowest BCUT2D eigenvalue weighted by Crippen LogP contribution is -1.84. The van der Waals surface area contributed by atoms with Crippen molar-refractivity contribution in [2.45, 2.75) is 48.5 Å². The minimum absolute atomic E-state index is 0.192. The molecule has 0 fully saturated rings. The van der Waals surface area contributed by atoms with Gasteiger partial charge in [0.05, 0.1) is 11.4 Å². The highest BCUT2D eigenvalue weighted by Gasteiger charge is 2.03. The van der Waals surface area contributed by atoms with Gasteiger partial charge in [0, 0.05) is 65.8 Å². The van der Waals surface area contributed by atoms with Crippen molar-refractivity contribution in [1.29, 1.82) is 0 Å². The van der Waals surface area contributed by atoms with Crippen molar-refractivity contribution in [3.05, 3.63) is 391 Å². The average molecular weight is 1220 g/mol. The van der Waals surface area contributed by atoms with Crippen LogP contribution in [-0.2, 0) is 0 Å². The number of nitrogens with zero attached hydrogens (tertiary/aromatic N) is 5. The third-order valence-electron chi connectivity index (χ3n) is 14.6. The van der Waals surface area contributed by atoms with E-state index in [0.29, 0.717) is 0 Å². The lowest BCUT2D eigenvalue weighted by atomic mass is 10.0. The number of rotatable bonds is 7. The SMILES string of the molecule is Cc1ccc(-c2ccc(F)cc2)cc1.Cc1ccc(-c2cccc(F)c2)cc1.Cc1ccc(-c2cccnc2)cc1.Cc1ccc(-c2cccnc2)cc1.Cc1cccc(-c2ccccc2)n1.Cc1ccccc1-c1cccnc1.Cc1ccnc(-c2ccccc2)c1. The van der Waals surface area contributed by atoms with Crippen LogP contribution in [0, 0.1) is 60.1 Å². The molecule has 9 aromatic carbocycles. The Morgan fingerprint density at radius 2 is 0.624 bits per heavy atom. The van der Waals surface area contributed by atoms with E-state index in [1.54, 1.807) is 42.9 Å². The van der Waals surface area contributed by atoms with E-state index in [-0.39, 0.29) is 11.6 Å². The van der Waals surface area contributed by atoms with Gasteiger partial charge in [-0.15, -0.1) is 0 Å². The molecular formula is C86H77F2N5. The number of benzene rings is 9. The maximum atomic E-state index is 12.9. The molecule has 5 aromatic heterocycles. The van der Waals surface area contributed by atoms with Crippen LogP contribution in [0.1, 0.15) is 39.1 Å². The van der Waals surface area contributed by atoms with Crippen LogP contribution >= 0.6 is 0 Å². The van der Waals surface area contributed by atoms with Crippen molar-refractivity contribution in [2.24, 2.45) is 0 Å². The molecule has 0 unspecified atom stereocenters. The topological polar surface area (TPSA) is 64.5 Å². The van der Waals surface area contributed by atoms with Crippen LogP contribution in [0.15, 0.2) is 341 Å². The predicted octanol–water partition coefficient (Wildman–Crippen LogP) is 22.9. The molecule has 0 bridgehead atoms. The molecule has 0 N–H and O–H groups in total. The summed E-state index contributed by atoms with van der Waals surface area (Å²) in [6.45, 7) is 14.5. The molecule has 0 aliphatic carbocycles.